The van der Waals surface area contributed by atoms with Gasteiger partial charge in [-0.05, 0) is 18.6 Å². The van der Waals surface area contributed by atoms with E-state index in [9.17, 15) is 9.59 Å². The van der Waals surface area contributed by atoms with Gasteiger partial charge in [-0.15, -0.1) is 0 Å². The molecule has 16 bridgehead atoms. The molecule has 131 heavy (non-hydrogen) atoms. The maximum atomic E-state index is 12.2. The predicted molar refractivity (Wildman–Crippen MR) is 448 cm³/mol. The summed E-state index contributed by atoms with van der Waals surface area (Å²) in [6.07, 6.45) is -42.2. The fourth-order valence-corrected chi connectivity index (χ4v) is 18.8. The topological polar surface area (TPSA) is 424 Å². The van der Waals surface area contributed by atoms with Gasteiger partial charge in [-0.2, -0.15) is 0 Å². The molecule has 752 valence electrons. The number of benzene rings is 2. The fourth-order valence-electron chi connectivity index (χ4n) is 18.8. The third-order valence-corrected chi connectivity index (χ3v) is 25.1. The van der Waals surface area contributed by atoms with Crippen molar-refractivity contribution in [3.8, 4) is 0 Å². The standard InChI is InChI=1S/C72H128O40.C16H14O3/c1-73-25-33-41-49(81-9)57(89-17)65(97-33)106-42-34(26-74-2)99-67(59(91-19)50(42)82-10)108-44-36(28-76-4)101-69(61(93-21)52(44)84-12)110-46-38(30-78-6)103-71(63(95-23)54(46)86-14)112-48-40(32-80-8)104-72(64(96-24)56(48)88-16)111-47-39(31-79-7)102-70(62(94-22)55(47)87-15)109-45-37(29-77-5)100-68(60(92-20)53(45)85-13)107-43-35(27-75-3)98-66(105-41)58(90-18)51(43)83-11;1-11(16(18)19)13-8-5-9-14(10-13)15(17)12-6-3-2-4-7-12/h33-72H,25-32H2,1-24H3;2-11H,1H3,(H,18,19)/t33-,34-,35-,36-,37-,38-,39-,40-,41-,42-,43-,44-,45-,46-,47-,48-,49+,50+,51+,52+,53+,54+,55+,56+,57-,58-,59-,60-,61-,62-,63-,64-,65-,66-,67-,68-,69-,70-,71-,72-;/m1./s1. The highest BCUT2D eigenvalue weighted by molar-refractivity contribution is 6.09. The number of carbonyl (C=O) groups is 2. The van der Waals surface area contributed by atoms with E-state index >= 15 is 0 Å². The van der Waals surface area contributed by atoms with E-state index in [0.717, 1.165) is 0 Å². The molecule has 30 aliphatic heterocycles. The lowest BCUT2D eigenvalue weighted by Gasteiger charge is -2.53. The smallest absolute Gasteiger partial charge is 0.310 e. The second-order valence-electron chi connectivity index (χ2n) is 32.4. The fraction of sp³-hybridized carbons (Fsp3) is 0.841. The predicted octanol–water partition coefficient (Wildman–Crippen LogP) is 1.40. The van der Waals surface area contributed by atoms with E-state index in [1.807, 2.05) is 6.07 Å². The van der Waals surface area contributed by atoms with E-state index < -0.39 is 258 Å². The van der Waals surface area contributed by atoms with Gasteiger partial charge in [-0.1, -0.05) is 48.5 Å². The van der Waals surface area contributed by atoms with Crippen molar-refractivity contribution >= 4 is 11.8 Å². The molecule has 2 aromatic rings. The van der Waals surface area contributed by atoms with Crippen molar-refractivity contribution in [3.63, 3.8) is 0 Å². The van der Waals surface area contributed by atoms with Gasteiger partial charge in [0.2, 0.25) is 0 Å². The van der Waals surface area contributed by atoms with Crippen LogP contribution in [0.3, 0.4) is 0 Å². The molecule has 30 saturated heterocycles. The van der Waals surface area contributed by atoms with Gasteiger partial charge in [-0.25, -0.2) is 0 Å². The Balaban J connectivity index is 0.000000827. The number of hydrogen-bond donors (Lipinski definition) is 1. The Morgan fingerprint density at radius 1 is 0.237 bits per heavy atom. The molecule has 32 rings (SSSR count). The number of ether oxygens (including phenoxy) is 40. The van der Waals surface area contributed by atoms with Crippen molar-refractivity contribution in [2.45, 2.75) is 258 Å². The second kappa shape index (κ2) is 54.0. The average Bonchev–Trinajstić information content (AvgIpc) is 0.759. The zero-order valence-electron chi connectivity index (χ0n) is 79.6. The van der Waals surface area contributed by atoms with E-state index in [1.54, 1.807) is 55.5 Å². The van der Waals surface area contributed by atoms with E-state index in [-0.39, 0.29) is 58.6 Å². The maximum Gasteiger partial charge on any atom is 0.310 e. The Hall–Kier alpha value is -4.02. The maximum absolute atomic E-state index is 12.2. The van der Waals surface area contributed by atoms with Crippen molar-refractivity contribution in [3.05, 3.63) is 71.3 Å². The van der Waals surface area contributed by atoms with E-state index in [4.69, 9.17) is 195 Å². The SMILES string of the molecule is CC(C(=O)O)c1cccc(C(=O)c2ccccc2)c1.COC[C@H]1O[C@@H]2O[C@H]3[C@H](OC)[C@@H](OC)[C@@H](O[C@H]4[C@H](OC)[C@@H](OC)[C@@H](O[C@H]5[C@H](OC)[C@@H](OC)[C@@H](O[C@H]6[C@H](OC)[C@@H](OC)[C@@H](O[C@H]7[C@H](OC)[C@@H](OC)[C@@H](O[C@H]8[C@H](OC)[C@@H](OC)[C@@H](O[C@H]9[C@H](OC)[C@@H](OC)[C@@H](O[C@H]1[C@H](OC)[C@H]2OC)O[C@@H]9COC)O[C@@H]8COC)O[C@@H]7COC)O[C@@H]6COC)O[C@@H]5COC)O[C@@H]4COC)O[C@@H]3COC. The van der Waals surface area contributed by atoms with Crippen LogP contribution in [-0.2, 0) is 194 Å². The molecule has 30 heterocycles. The number of rotatable bonds is 36. The molecule has 30 fully saturated rings. The first kappa shape index (κ1) is 109. The number of methoxy groups -OCH3 is 24. The Morgan fingerprint density at radius 3 is 0.557 bits per heavy atom. The second-order valence-corrected chi connectivity index (χ2v) is 32.4. The molecule has 1 N–H and O–H groups in total. The van der Waals surface area contributed by atoms with Crippen LogP contribution in [0.15, 0.2) is 54.6 Å². The molecule has 0 spiro atoms. The average molecular weight is 1890 g/mol. The minimum Gasteiger partial charge on any atom is -0.481 e. The van der Waals surface area contributed by atoms with Gasteiger partial charge < -0.3 is 195 Å². The summed E-state index contributed by atoms with van der Waals surface area (Å²) in [5.41, 5.74) is 1.74. The molecule has 0 aliphatic carbocycles. The number of carbonyl (C=O) groups excluding carboxylic acids is 1. The van der Waals surface area contributed by atoms with E-state index in [1.165, 1.54) is 171 Å². The molecule has 2 aromatic carbocycles. The highest BCUT2D eigenvalue weighted by Crippen LogP contribution is 2.45. The van der Waals surface area contributed by atoms with Crippen LogP contribution in [0.25, 0.3) is 0 Å². The first-order valence-electron chi connectivity index (χ1n) is 43.4. The summed E-state index contributed by atoms with van der Waals surface area (Å²) in [5, 5.41) is 9.00. The third-order valence-electron chi connectivity index (χ3n) is 25.1. The molecule has 43 heteroatoms. The van der Waals surface area contributed by atoms with Gasteiger partial charge in [0.15, 0.2) is 56.1 Å². The van der Waals surface area contributed by atoms with Crippen LogP contribution in [0.5, 0.6) is 0 Å². The van der Waals surface area contributed by atoms with Crippen molar-refractivity contribution in [1.82, 2.24) is 0 Å². The Bertz CT molecular complexity index is 3050. The summed E-state index contributed by atoms with van der Waals surface area (Å²) in [4.78, 5) is 23.2. The minimum absolute atomic E-state index is 0.0598. The third kappa shape index (κ3) is 25.1. The normalized spacial score (nSPS) is 41.1. The summed E-state index contributed by atoms with van der Waals surface area (Å²) < 4.78 is 260. The summed E-state index contributed by atoms with van der Waals surface area (Å²) in [7, 11) is 36.1. The highest BCUT2D eigenvalue weighted by atomic mass is 16.8. The van der Waals surface area contributed by atoms with E-state index in [0.29, 0.717) is 16.7 Å². The van der Waals surface area contributed by atoms with Crippen LogP contribution in [0.1, 0.15) is 34.3 Å². The number of ketones is 1. The molecule has 30 aliphatic rings. The summed E-state index contributed by atoms with van der Waals surface area (Å²) in [5.74, 6) is -1.62. The van der Waals surface area contributed by atoms with Crippen LogP contribution in [0.2, 0.25) is 0 Å². The monoisotopic (exact) mass is 1890 g/mol. The largest absolute Gasteiger partial charge is 0.481 e. The van der Waals surface area contributed by atoms with Crippen LogP contribution in [0, 0.1) is 0 Å². The first-order chi connectivity index (χ1) is 63.6. The first-order valence-corrected chi connectivity index (χ1v) is 43.4. The Labute approximate surface area is 766 Å². The van der Waals surface area contributed by atoms with Crippen molar-refractivity contribution in [1.29, 1.82) is 0 Å². The number of aliphatic carboxylic acids is 1. The Morgan fingerprint density at radius 2 is 0.405 bits per heavy atom. The van der Waals surface area contributed by atoms with Crippen molar-refractivity contribution < 1.29 is 204 Å². The van der Waals surface area contributed by atoms with Gasteiger partial charge >= 0.3 is 5.97 Å². The zero-order valence-corrected chi connectivity index (χ0v) is 79.6. The van der Waals surface area contributed by atoms with Crippen LogP contribution in [-0.4, -0.2) is 486 Å². The van der Waals surface area contributed by atoms with Crippen LogP contribution >= 0.6 is 0 Å². The number of carboxylic acids is 1. The minimum atomic E-state index is -1.25. The van der Waals surface area contributed by atoms with Gasteiger partial charge in [-0.3, -0.25) is 9.59 Å². The summed E-state index contributed by atoms with van der Waals surface area (Å²) in [6, 6.07) is 15.7. The molecule has 0 aromatic heterocycles. The van der Waals surface area contributed by atoms with Crippen molar-refractivity contribution in [2.75, 3.05) is 223 Å². The molecule has 0 amide bonds. The lowest BCUT2D eigenvalue weighted by Crippen LogP contribution is -2.70. The molecular formula is C88H142O43. The lowest BCUT2D eigenvalue weighted by atomic mass is 9.94. The van der Waals surface area contributed by atoms with Gasteiger partial charge in [0.1, 0.15) is 195 Å². The molecular weight excluding hydrogens is 1740 g/mol. The molecule has 0 radical (unpaired) electrons. The highest BCUT2D eigenvalue weighted by Gasteiger charge is 2.63. The zero-order chi connectivity index (χ0) is 94.9. The van der Waals surface area contributed by atoms with Gasteiger partial charge in [0.25, 0.3) is 0 Å². The number of carboxylic acid groups (broad SMARTS) is 1. The van der Waals surface area contributed by atoms with Crippen LogP contribution < -0.4 is 0 Å². The van der Waals surface area contributed by atoms with Crippen LogP contribution in [0.4, 0.5) is 0 Å². The molecule has 1 unspecified atom stereocenters. The van der Waals surface area contributed by atoms with Gasteiger partial charge in [0.05, 0.1) is 58.8 Å². The van der Waals surface area contributed by atoms with Gasteiger partial charge in [0, 0.05) is 182 Å². The Kier molecular flexibility index (Phi) is 44.9. The van der Waals surface area contributed by atoms with E-state index in [2.05, 4.69) is 0 Å². The van der Waals surface area contributed by atoms with Crippen molar-refractivity contribution in [2.24, 2.45) is 0 Å². The number of hydrogen-bond acceptors (Lipinski definition) is 42. The molecule has 43 nitrogen and oxygen atoms in total. The summed E-state index contributed by atoms with van der Waals surface area (Å²) in [6.45, 7) is 1.13. The quantitative estimate of drug-likeness (QED) is 0.0942. The molecule has 0 saturated carbocycles. The summed E-state index contributed by atoms with van der Waals surface area (Å²) >= 11 is 0. The lowest BCUT2D eigenvalue weighted by molar-refractivity contribution is -0.410. The molecule has 41 atom stereocenters.